The van der Waals surface area contributed by atoms with Crippen molar-refractivity contribution in [3.05, 3.63) is 17.5 Å². The first-order chi connectivity index (χ1) is 9.60. The lowest BCUT2D eigenvalue weighted by Crippen LogP contribution is -2.42. The average Bonchev–Trinajstić information content (AvgIpc) is 3.05. The number of nitrogens with zero attached hydrogens (tertiary/aromatic N) is 4. The van der Waals surface area contributed by atoms with E-state index in [-0.39, 0.29) is 6.54 Å². The molecule has 0 aliphatic rings. The Morgan fingerprint density at radius 1 is 1.55 bits per heavy atom. The lowest BCUT2D eigenvalue weighted by atomic mass is 10.2. The van der Waals surface area contributed by atoms with Gasteiger partial charge in [-0.15, -0.1) is 21.5 Å². The summed E-state index contributed by atoms with van der Waals surface area (Å²) in [4.78, 5) is 24.5. The maximum Gasteiger partial charge on any atom is 0.326 e. The average molecular weight is 295 g/mol. The normalized spacial score (nSPS) is 12.1. The van der Waals surface area contributed by atoms with Gasteiger partial charge in [-0.25, -0.2) is 4.79 Å². The number of carbonyl (C=O) groups is 2. The smallest absolute Gasteiger partial charge is 0.326 e. The van der Waals surface area contributed by atoms with Crippen molar-refractivity contribution in [3.63, 3.8) is 0 Å². The van der Waals surface area contributed by atoms with Gasteiger partial charge in [0.05, 0.1) is 4.88 Å². The van der Waals surface area contributed by atoms with Crippen LogP contribution >= 0.6 is 11.3 Å². The van der Waals surface area contributed by atoms with Crippen molar-refractivity contribution in [2.75, 3.05) is 0 Å². The second-order valence-corrected chi connectivity index (χ2v) is 4.94. The molecule has 8 nitrogen and oxygen atoms in total. The number of hydrogen-bond donors (Lipinski definition) is 2. The second kappa shape index (κ2) is 6.24. The largest absolute Gasteiger partial charge is 0.480 e. The number of amides is 1. The van der Waals surface area contributed by atoms with Crippen molar-refractivity contribution in [1.29, 1.82) is 0 Å². The number of thiophene rings is 1. The minimum absolute atomic E-state index is 0.165. The van der Waals surface area contributed by atoms with Crippen molar-refractivity contribution >= 4 is 23.2 Å². The fourth-order valence-electron chi connectivity index (χ4n) is 1.52. The van der Waals surface area contributed by atoms with Crippen molar-refractivity contribution < 1.29 is 14.7 Å². The quantitative estimate of drug-likeness (QED) is 0.797. The molecule has 0 bridgehead atoms. The molecule has 106 valence electrons. The van der Waals surface area contributed by atoms with Crippen molar-refractivity contribution in [1.82, 2.24) is 25.5 Å². The zero-order valence-corrected chi connectivity index (χ0v) is 11.5. The number of carbonyl (C=O) groups excluding carboxylic acids is 1. The molecule has 0 fully saturated rings. The number of rotatable bonds is 6. The molecular formula is C11H13N5O3S. The lowest BCUT2D eigenvalue weighted by Gasteiger charge is -2.11. The molecule has 1 atom stereocenters. The van der Waals surface area contributed by atoms with Gasteiger partial charge < -0.3 is 10.4 Å². The van der Waals surface area contributed by atoms with Gasteiger partial charge in [0, 0.05) is 0 Å². The molecule has 0 radical (unpaired) electrons. The minimum Gasteiger partial charge on any atom is -0.480 e. The summed E-state index contributed by atoms with van der Waals surface area (Å²) in [7, 11) is 0. The van der Waals surface area contributed by atoms with Crippen LogP contribution < -0.4 is 5.32 Å². The number of carboxylic acids is 1. The molecule has 0 unspecified atom stereocenters. The van der Waals surface area contributed by atoms with E-state index in [1.165, 1.54) is 11.3 Å². The van der Waals surface area contributed by atoms with Crippen LogP contribution in [0, 0.1) is 0 Å². The maximum absolute atomic E-state index is 11.7. The van der Waals surface area contributed by atoms with Gasteiger partial charge in [0.15, 0.2) is 0 Å². The Morgan fingerprint density at radius 3 is 2.95 bits per heavy atom. The molecule has 9 heteroatoms. The van der Waals surface area contributed by atoms with E-state index in [9.17, 15) is 9.59 Å². The predicted molar refractivity (Wildman–Crippen MR) is 71.0 cm³/mol. The molecule has 2 aromatic rings. The summed E-state index contributed by atoms with van der Waals surface area (Å²) in [6.07, 6.45) is 0.312. The zero-order chi connectivity index (χ0) is 14.5. The van der Waals surface area contributed by atoms with Gasteiger partial charge in [-0.05, 0) is 23.1 Å². The molecule has 1 amide bonds. The van der Waals surface area contributed by atoms with E-state index in [0.717, 1.165) is 9.67 Å². The summed E-state index contributed by atoms with van der Waals surface area (Å²) >= 11 is 1.47. The van der Waals surface area contributed by atoms with Crippen LogP contribution in [0.15, 0.2) is 17.5 Å². The molecule has 2 N–H and O–H groups in total. The third-order valence-electron chi connectivity index (χ3n) is 2.52. The molecule has 0 aromatic carbocycles. The van der Waals surface area contributed by atoms with Gasteiger partial charge >= 0.3 is 5.97 Å². The standard InChI is InChI=1S/C11H13N5O3S/c1-2-7(11(18)19)12-9(17)6-16-14-10(13-15-16)8-4-3-5-20-8/h3-5,7H,2,6H2,1H3,(H,12,17)(H,18,19)/t7-/m1/s1. The van der Waals surface area contributed by atoms with Crippen LogP contribution in [0.25, 0.3) is 10.7 Å². The summed E-state index contributed by atoms with van der Waals surface area (Å²) in [5.41, 5.74) is 0. The Bertz CT molecular complexity index is 595. The van der Waals surface area contributed by atoms with Gasteiger partial charge in [0.25, 0.3) is 0 Å². The highest BCUT2D eigenvalue weighted by molar-refractivity contribution is 7.13. The van der Waals surface area contributed by atoms with Gasteiger partial charge in [-0.1, -0.05) is 13.0 Å². The summed E-state index contributed by atoms with van der Waals surface area (Å²) in [5, 5.41) is 24.8. The number of nitrogens with one attached hydrogen (secondary N) is 1. The predicted octanol–water partition coefficient (Wildman–Crippen LogP) is 0.381. The fourth-order valence-corrected chi connectivity index (χ4v) is 2.17. The summed E-state index contributed by atoms with van der Waals surface area (Å²) < 4.78 is 0. The SMILES string of the molecule is CC[C@@H](NC(=O)Cn1nnc(-c2cccs2)n1)C(=O)O. The number of carboxylic acid groups (broad SMARTS) is 1. The second-order valence-electron chi connectivity index (χ2n) is 3.99. The topological polar surface area (TPSA) is 110 Å². The Balaban J connectivity index is 1.97. The van der Waals surface area contributed by atoms with Crippen LogP contribution in [0.1, 0.15) is 13.3 Å². The Kier molecular flexibility index (Phi) is 4.41. The highest BCUT2D eigenvalue weighted by atomic mass is 32.1. The third kappa shape index (κ3) is 3.38. The van der Waals surface area contributed by atoms with E-state index in [1.54, 1.807) is 6.92 Å². The van der Waals surface area contributed by atoms with E-state index >= 15 is 0 Å². The molecule has 0 aliphatic carbocycles. The van der Waals surface area contributed by atoms with Crippen LogP contribution in [0.5, 0.6) is 0 Å². The van der Waals surface area contributed by atoms with Crippen LogP contribution in [0.3, 0.4) is 0 Å². The molecule has 20 heavy (non-hydrogen) atoms. The number of tetrazole rings is 1. The van der Waals surface area contributed by atoms with Crippen LogP contribution in [0.2, 0.25) is 0 Å². The number of aliphatic carboxylic acids is 1. The van der Waals surface area contributed by atoms with Gasteiger partial charge in [-0.3, -0.25) is 4.79 Å². The first-order valence-corrected chi connectivity index (χ1v) is 6.82. The highest BCUT2D eigenvalue weighted by Gasteiger charge is 2.18. The van der Waals surface area contributed by atoms with Crippen molar-refractivity contribution in [3.8, 4) is 10.7 Å². The molecule has 0 saturated heterocycles. The van der Waals surface area contributed by atoms with E-state index < -0.39 is 17.9 Å². The van der Waals surface area contributed by atoms with Crippen LogP contribution in [-0.2, 0) is 16.1 Å². The van der Waals surface area contributed by atoms with E-state index in [2.05, 4.69) is 20.7 Å². The molecule has 0 saturated carbocycles. The monoisotopic (exact) mass is 295 g/mol. The fraction of sp³-hybridized carbons (Fsp3) is 0.364. The van der Waals surface area contributed by atoms with Gasteiger partial charge in [0.2, 0.25) is 11.7 Å². The summed E-state index contributed by atoms with van der Waals surface area (Å²) in [5.74, 6) is -1.08. The van der Waals surface area contributed by atoms with Crippen LogP contribution in [-0.4, -0.2) is 43.2 Å². The molecule has 0 spiro atoms. The number of hydrogen-bond acceptors (Lipinski definition) is 6. The zero-order valence-electron chi connectivity index (χ0n) is 10.7. The Morgan fingerprint density at radius 2 is 2.35 bits per heavy atom. The van der Waals surface area contributed by atoms with Gasteiger partial charge in [-0.2, -0.15) is 4.80 Å². The van der Waals surface area contributed by atoms with E-state index in [1.807, 2.05) is 17.5 Å². The molecule has 0 aliphatic heterocycles. The van der Waals surface area contributed by atoms with Crippen LogP contribution in [0.4, 0.5) is 0 Å². The van der Waals surface area contributed by atoms with Gasteiger partial charge in [0.1, 0.15) is 12.6 Å². The first-order valence-electron chi connectivity index (χ1n) is 5.94. The van der Waals surface area contributed by atoms with Crippen molar-refractivity contribution in [2.45, 2.75) is 25.9 Å². The highest BCUT2D eigenvalue weighted by Crippen LogP contribution is 2.19. The summed E-state index contributed by atoms with van der Waals surface area (Å²) in [6.45, 7) is 1.52. The summed E-state index contributed by atoms with van der Waals surface area (Å²) in [6, 6.07) is 2.82. The third-order valence-corrected chi connectivity index (χ3v) is 3.39. The Hall–Kier alpha value is -2.29. The number of aromatic nitrogens is 4. The van der Waals surface area contributed by atoms with E-state index in [4.69, 9.17) is 5.11 Å². The lowest BCUT2D eigenvalue weighted by molar-refractivity contribution is -0.142. The van der Waals surface area contributed by atoms with Crippen molar-refractivity contribution in [2.24, 2.45) is 0 Å². The first kappa shape index (κ1) is 14.1. The molecular weight excluding hydrogens is 282 g/mol. The molecule has 2 aromatic heterocycles. The molecule has 2 heterocycles. The maximum atomic E-state index is 11.7. The van der Waals surface area contributed by atoms with E-state index in [0.29, 0.717) is 12.2 Å². The minimum atomic E-state index is -1.06. The molecule has 2 rings (SSSR count). The Labute approximate surface area is 118 Å².